The lowest BCUT2D eigenvalue weighted by Gasteiger charge is -2.34. The van der Waals surface area contributed by atoms with Crippen molar-refractivity contribution < 1.29 is 18.7 Å². The van der Waals surface area contributed by atoms with Gasteiger partial charge in [0.1, 0.15) is 5.82 Å². The number of aromatic nitrogens is 2. The standard InChI is InChI=1S/C19H19FN4O3/c20-16-5-2-15(3-6-16)4-7-18(26)27-14-17(25)23-10-12-24(13-11-23)19-21-8-1-9-22-19/h1-9H,10-14H2/b7-4+. The van der Waals surface area contributed by atoms with Gasteiger partial charge in [0.05, 0.1) is 0 Å². The van der Waals surface area contributed by atoms with E-state index in [1.807, 2.05) is 4.90 Å². The first-order valence-electron chi connectivity index (χ1n) is 8.52. The number of carbonyl (C=O) groups excluding carboxylic acids is 2. The summed E-state index contributed by atoms with van der Waals surface area (Å²) in [6.45, 7) is 1.96. The van der Waals surface area contributed by atoms with Crippen molar-refractivity contribution in [3.05, 3.63) is 60.2 Å². The van der Waals surface area contributed by atoms with E-state index < -0.39 is 5.97 Å². The molecular weight excluding hydrogens is 351 g/mol. The fraction of sp³-hybridized carbons (Fsp3) is 0.263. The van der Waals surface area contributed by atoms with E-state index in [4.69, 9.17) is 4.74 Å². The summed E-state index contributed by atoms with van der Waals surface area (Å²) >= 11 is 0. The normalized spacial score (nSPS) is 14.4. The van der Waals surface area contributed by atoms with Gasteiger partial charge >= 0.3 is 5.97 Å². The van der Waals surface area contributed by atoms with E-state index in [0.29, 0.717) is 37.7 Å². The molecule has 1 aromatic carbocycles. The molecule has 27 heavy (non-hydrogen) atoms. The molecule has 1 fully saturated rings. The van der Waals surface area contributed by atoms with Crippen molar-refractivity contribution in [2.45, 2.75) is 0 Å². The topological polar surface area (TPSA) is 75.6 Å². The van der Waals surface area contributed by atoms with Crippen LogP contribution in [-0.4, -0.2) is 59.5 Å². The average molecular weight is 370 g/mol. The SMILES string of the molecule is O=C(/C=C/c1ccc(F)cc1)OCC(=O)N1CCN(c2ncccn2)CC1. The summed E-state index contributed by atoms with van der Waals surface area (Å²) in [4.78, 5) is 36.0. The predicted octanol–water partition coefficient (Wildman–Crippen LogP) is 1.52. The highest BCUT2D eigenvalue weighted by Gasteiger charge is 2.22. The lowest BCUT2D eigenvalue weighted by molar-refractivity contribution is -0.148. The second-order valence-electron chi connectivity index (χ2n) is 5.91. The number of amides is 1. The molecule has 0 saturated carbocycles. The summed E-state index contributed by atoms with van der Waals surface area (Å²) < 4.78 is 17.8. The van der Waals surface area contributed by atoms with E-state index in [-0.39, 0.29) is 18.3 Å². The van der Waals surface area contributed by atoms with Crippen LogP contribution in [0.4, 0.5) is 10.3 Å². The number of nitrogens with zero attached hydrogens (tertiary/aromatic N) is 4. The van der Waals surface area contributed by atoms with Gasteiger partial charge in [-0.3, -0.25) is 4.79 Å². The molecule has 0 radical (unpaired) electrons. The van der Waals surface area contributed by atoms with Gasteiger partial charge in [-0.05, 0) is 29.8 Å². The van der Waals surface area contributed by atoms with Crippen molar-refractivity contribution in [2.24, 2.45) is 0 Å². The van der Waals surface area contributed by atoms with Gasteiger partial charge in [-0.2, -0.15) is 0 Å². The number of carbonyl (C=O) groups is 2. The first-order chi connectivity index (χ1) is 13.1. The molecule has 0 N–H and O–H groups in total. The minimum Gasteiger partial charge on any atom is -0.452 e. The van der Waals surface area contributed by atoms with Crippen LogP contribution in [0.1, 0.15) is 5.56 Å². The summed E-state index contributed by atoms with van der Waals surface area (Å²) in [5.74, 6) is -0.572. The van der Waals surface area contributed by atoms with E-state index >= 15 is 0 Å². The lowest BCUT2D eigenvalue weighted by Crippen LogP contribution is -2.50. The number of piperazine rings is 1. The van der Waals surface area contributed by atoms with Crippen molar-refractivity contribution in [3.63, 3.8) is 0 Å². The Balaban J connectivity index is 1.42. The molecule has 1 aliphatic rings. The molecule has 0 bridgehead atoms. The smallest absolute Gasteiger partial charge is 0.331 e. The Morgan fingerprint density at radius 3 is 2.41 bits per heavy atom. The van der Waals surface area contributed by atoms with Gasteiger partial charge in [0.15, 0.2) is 6.61 Å². The first kappa shape index (κ1) is 18.5. The summed E-state index contributed by atoms with van der Waals surface area (Å²) in [5.41, 5.74) is 0.666. The molecule has 2 aromatic rings. The van der Waals surface area contributed by atoms with Gasteiger partial charge in [0.2, 0.25) is 5.95 Å². The molecule has 1 aliphatic heterocycles. The monoisotopic (exact) mass is 370 g/mol. The molecule has 1 saturated heterocycles. The third-order valence-electron chi connectivity index (χ3n) is 4.09. The van der Waals surface area contributed by atoms with Crippen LogP contribution in [0.15, 0.2) is 48.8 Å². The third-order valence-corrected chi connectivity index (χ3v) is 4.09. The van der Waals surface area contributed by atoms with Crippen molar-refractivity contribution in [1.82, 2.24) is 14.9 Å². The van der Waals surface area contributed by atoms with E-state index in [1.54, 1.807) is 35.5 Å². The quantitative estimate of drug-likeness (QED) is 0.587. The molecule has 8 heteroatoms. The number of hydrogen-bond acceptors (Lipinski definition) is 6. The molecule has 7 nitrogen and oxygen atoms in total. The maximum Gasteiger partial charge on any atom is 0.331 e. The van der Waals surface area contributed by atoms with Gasteiger partial charge in [-0.15, -0.1) is 0 Å². The van der Waals surface area contributed by atoms with E-state index in [2.05, 4.69) is 9.97 Å². The first-order valence-corrected chi connectivity index (χ1v) is 8.52. The van der Waals surface area contributed by atoms with Crippen LogP contribution < -0.4 is 4.90 Å². The van der Waals surface area contributed by atoms with E-state index in [0.717, 1.165) is 0 Å². The Morgan fingerprint density at radius 1 is 1.07 bits per heavy atom. The summed E-state index contributed by atoms with van der Waals surface area (Å²) in [6, 6.07) is 7.44. The molecule has 140 valence electrons. The van der Waals surface area contributed by atoms with Crippen LogP contribution >= 0.6 is 0 Å². The number of benzene rings is 1. The molecule has 0 spiro atoms. The fourth-order valence-electron chi connectivity index (χ4n) is 2.62. The highest BCUT2D eigenvalue weighted by Crippen LogP contribution is 2.10. The van der Waals surface area contributed by atoms with Crippen molar-refractivity contribution in [2.75, 3.05) is 37.7 Å². The Hall–Kier alpha value is -3.29. The van der Waals surface area contributed by atoms with Crippen LogP contribution in [0.25, 0.3) is 6.08 Å². The number of rotatable bonds is 5. The number of halogens is 1. The van der Waals surface area contributed by atoms with Crippen LogP contribution in [0, 0.1) is 5.82 Å². The molecule has 1 amide bonds. The highest BCUT2D eigenvalue weighted by atomic mass is 19.1. The molecule has 0 aliphatic carbocycles. The van der Waals surface area contributed by atoms with Crippen LogP contribution in [0.5, 0.6) is 0 Å². The highest BCUT2D eigenvalue weighted by molar-refractivity contribution is 5.89. The number of anilines is 1. The molecule has 0 unspecified atom stereocenters. The van der Waals surface area contributed by atoms with Gasteiger partial charge in [-0.25, -0.2) is 19.2 Å². The number of esters is 1. The third kappa shape index (κ3) is 5.34. The summed E-state index contributed by atoms with van der Waals surface area (Å²) in [5, 5.41) is 0. The number of ether oxygens (including phenoxy) is 1. The van der Waals surface area contributed by atoms with Crippen LogP contribution in [0.3, 0.4) is 0 Å². The van der Waals surface area contributed by atoms with Crippen molar-refractivity contribution >= 4 is 23.9 Å². The Bertz CT molecular complexity index is 803. The van der Waals surface area contributed by atoms with Crippen molar-refractivity contribution in [3.8, 4) is 0 Å². The molecule has 3 rings (SSSR count). The predicted molar refractivity (Wildman–Crippen MR) is 97.2 cm³/mol. The fourth-order valence-corrected chi connectivity index (χ4v) is 2.62. The van der Waals surface area contributed by atoms with Crippen LogP contribution in [0.2, 0.25) is 0 Å². The van der Waals surface area contributed by atoms with E-state index in [1.165, 1.54) is 24.3 Å². The minimum atomic E-state index is -0.621. The zero-order chi connectivity index (χ0) is 19.1. The van der Waals surface area contributed by atoms with Gasteiger partial charge < -0.3 is 14.5 Å². The largest absolute Gasteiger partial charge is 0.452 e. The zero-order valence-electron chi connectivity index (χ0n) is 14.6. The molecule has 2 heterocycles. The summed E-state index contributed by atoms with van der Waals surface area (Å²) in [7, 11) is 0. The second-order valence-corrected chi connectivity index (χ2v) is 5.91. The van der Waals surface area contributed by atoms with Crippen molar-refractivity contribution in [1.29, 1.82) is 0 Å². The molecule has 0 atom stereocenters. The zero-order valence-corrected chi connectivity index (χ0v) is 14.6. The maximum atomic E-state index is 12.8. The number of hydrogen-bond donors (Lipinski definition) is 0. The summed E-state index contributed by atoms with van der Waals surface area (Å²) in [6.07, 6.45) is 6.08. The van der Waals surface area contributed by atoms with Gasteiger partial charge in [0, 0.05) is 44.6 Å². The molecule has 1 aromatic heterocycles. The van der Waals surface area contributed by atoms with Gasteiger partial charge in [-0.1, -0.05) is 12.1 Å². The van der Waals surface area contributed by atoms with Gasteiger partial charge in [0.25, 0.3) is 5.91 Å². The Morgan fingerprint density at radius 2 is 1.74 bits per heavy atom. The molecular formula is C19H19FN4O3. The lowest BCUT2D eigenvalue weighted by atomic mass is 10.2. The Labute approximate surface area is 156 Å². The van der Waals surface area contributed by atoms with Crippen LogP contribution in [-0.2, 0) is 14.3 Å². The second kappa shape index (κ2) is 8.88. The van der Waals surface area contributed by atoms with E-state index in [9.17, 15) is 14.0 Å². The maximum absolute atomic E-state index is 12.8. The average Bonchev–Trinajstić information content (AvgIpc) is 2.72. The minimum absolute atomic E-state index is 0.243. The Kier molecular flexibility index (Phi) is 6.09.